The van der Waals surface area contributed by atoms with Crippen molar-refractivity contribution in [2.24, 2.45) is 22.1 Å². The summed E-state index contributed by atoms with van der Waals surface area (Å²) < 4.78 is 5.46. The zero-order valence-electron chi connectivity index (χ0n) is 18.1. The minimum absolute atomic E-state index is 0.0776. The molecule has 0 aliphatic carbocycles. The van der Waals surface area contributed by atoms with Crippen molar-refractivity contribution in [3.63, 3.8) is 0 Å². The lowest BCUT2D eigenvalue weighted by Gasteiger charge is -2.19. The summed E-state index contributed by atoms with van der Waals surface area (Å²) >= 11 is 0. The highest BCUT2D eigenvalue weighted by molar-refractivity contribution is 5.96. The fraction of sp³-hybridized carbons (Fsp3) is 0.375. The summed E-state index contributed by atoms with van der Waals surface area (Å²) in [5, 5.41) is 8.89. The molecule has 0 saturated heterocycles. The van der Waals surface area contributed by atoms with Crippen LogP contribution >= 0.6 is 0 Å². The van der Waals surface area contributed by atoms with Gasteiger partial charge >= 0.3 is 0 Å². The molecule has 3 aromatic rings. The second-order valence-electron chi connectivity index (χ2n) is 8.53. The number of Topliss-reactive ketones (excluding diaryl/α,β-unsaturated/α-hetero) is 1. The maximum atomic E-state index is 12.7. The van der Waals surface area contributed by atoms with Gasteiger partial charge in [0.2, 0.25) is 5.95 Å². The lowest BCUT2D eigenvalue weighted by Crippen LogP contribution is -2.17. The molecule has 1 aromatic carbocycles. The fourth-order valence-corrected chi connectivity index (χ4v) is 3.66. The van der Waals surface area contributed by atoms with Gasteiger partial charge in [0.05, 0.1) is 18.0 Å². The van der Waals surface area contributed by atoms with Crippen LogP contribution in [0.4, 0.5) is 11.6 Å². The van der Waals surface area contributed by atoms with Crippen LogP contribution in [0.1, 0.15) is 48.8 Å². The molecule has 0 bridgehead atoms. The molecular formula is C24H27N5O2. The second-order valence-corrected chi connectivity index (χ2v) is 8.53. The van der Waals surface area contributed by atoms with Gasteiger partial charge in [-0.25, -0.2) is 9.97 Å². The Labute approximate surface area is 181 Å². The number of carbonyl (C=O) groups excluding carboxylic acids is 1. The van der Waals surface area contributed by atoms with Gasteiger partial charge in [-0.1, -0.05) is 39.0 Å². The number of rotatable bonds is 7. The molecule has 3 heterocycles. The first-order chi connectivity index (χ1) is 14.9. The maximum absolute atomic E-state index is 12.7. The number of nitrogens with zero attached hydrogens (tertiary/aromatic N) is 4. The van der Waals surface area contributed by atoms with Crippen LogP contribution in [0.15, 0.2) is 57.3 Å². The highest BCUT2D eigenvalue weighted by Crippen LogP contribution is 2.36. The van der Waals surface area contributed by atoms with Crippen molar-refractivity contribution in [3.8, 4) is 11.5 Å². The molecule has 7 nitrogen and oxygen atoms in total. The summed E-state index contributed by atoms with van der Waals surface area (Å²) in [6.07, 6.45) is 3.41. The van der Waals surface area contributed by atoms with E-state index < -0.39 is 0 Å². The number of nitrogens with two attached hydrogens (primary N) is 1. The summed E-state index contributed by atoms with van der Waals surface area (Å²) in [4.78, 5) is 21.3. The summed E-state index contributed by atoms with van der Waals surface area (Å²) in [5.41, 5.74) is 9.66. The van der Waals surface area contributed by atoms with E-state index in [4.69, 9.17) is 10.2 Å². The molecule has 2 unspecified atom stereocenters. The molecule has 0 radical (unpaired) electrons. The molecule has 0 spiro atoms. The van der Waals surface area contributed by atoms with Gasteiger partial charge in [0, 0.05) is 18.4 Å². The Balaban J connectivity index is 1.51. The van der Waals surface area contributed by atoms with Crippen molar-refractivity contribution >= 4 is 17.4 Å². The number of furan rings is 1. The number of fused-ring (bicyclic) bond motifs is 1. The number of ketones is 1. The molecule has 7 heteroatoms. The molecule has 31 heavy (non-hydrogen) atoms. The number of azo groups is 1. The van der Waals surface area contributed by atoms with Gasteiger partial charge in [0.15, 0.2) is 11.5 Å². The van der Waals surface area contributed by atoms with Gasteiger partial charge in [-0.15, -0.1) is 0 Å². The summed E-state index contributed by atoms with van der Waals surface area (Å²) in [6, 6.07) is 11.3. The minimum Gasteiger partial charge on any atom is -0.463 e. The van der Waals surface area contributed by atoms with Crippen molar-refractivity contribution in [1.82, 2.24) is 9.97 Å². The third-order valence-corrected chi connectivity index (χ3v) is 5.84. The first-order valence-electron chi connectivity index (χ1n) is 10.6. The van der Waals surface area contributed by atoms with Crippen LogP contribution in [0.5, 0.6) is 0 Å². The predicted octanol–water partition coefficient (Wildman–Crippen LogP) is 5.43. The van der Waals surface area contributed by atoms with Crippen molar-refractivity contribution in [3.05, 3.63) is 59.5 Å². The minimum atomic E-state index is -0.0776. The monoisotopic (exact) mass is 417 g/mol. The lowest BCUT2D eigenvalue weighted by molar-refractivity contribution is 0.0953. The Kier molecular flexibility index (Phi) is 5.93. The Morgan fingerprint density at radius 2 is 2.03 bits per heavy atom. The van der Waals surface area contributed by atoms with E-state index >= 15 is 0 Å². The van der Waals surface area contributed by atoms with Crippen molar-refractivity contribution in [2.45, 2.75) is 46.1 Å². The third-order valence-electron chi connectivity index (χ3n) is 5.84. The molecule has 160 valence electrons. The van der Waals surface area contributed by atoms with Crippen LogP contribution in [-0.2, 0) is 12.8 Å². The third kappa shape index (κ3) is 4.71. The van der Waals surface area contributed by atoms with Gasteiger partial charge in [-0.2, -0.15) is 10.2 Å². The van der Waals surface area contributed by atoms with E-state index in [9.17, 15) is 4.79 Å². The second kappa shape index (κ2) is 8.79. The molecular weight excluding hydrogens is 390 g/mol. The summed E-state index contributed by atoms with van der Waals surface area (Å²) in [6.45, 7) is 6.42. The zero-order valence-corrected chi connectivity index (χ0v) is 18.1. The van der Waals surface area contributed by atoms with Gasteiger partial charge in [-0.05, 0) is 42.0 Å². The summed E-state index contributed by atoms with van der Waals surface area (Å²) in [7, 11) is 0. The van der Waals surface area contributed by atoms with Gasteiger partial charge in [0.25, 0.3) is 0 Å². The quantitative estimate of drug-likeness (QED) is 0.515. The summed E-state index contributed by atoms with van der Waals surface area (Å²) in [5.74, 6) is 1.79. The number of hydrogen-bond acceptors (Lipinski definition) is 7. The molecule has 2 N–H and O–H groups in total. The Bertz CT molecular complexity index is 1110. The van der Waals surface area contributed by atoms with Crippen molar-refractivity contribution < 1.29 is 9.21 Å². The number of benzene rings is 1. The molecule has 2 atom stereocenters. The van der Waals surface area contributed by atoms with E-state index in [2.05, 4.69) is 41.0 Å². The molecule has 0 saturated carbocycles. The average Bonchev–Trinajstić information content (AvgIpc) is 3.27. The first kappa shape index (κ1) is 20.9. The standard InChI is InChI=1S/C24H27N5O2/c1-14(2)15(3)10-20(30)17-7-4-6-16(11-17)12-18-13-19-22(29-28-18)23(27-24(25)26-19)21-8-5-9-31-21/h4-9,11,14-15,18H,10,12-13H2,1-3H3,(H2,25,26,27). The number of carbonyl (C=O) groups is 1. The topological polar surface area (TPSA) is 107 Å². The maximum Gasteiger partial charge on any atom is 0.221 e. The molecule has 0 fully saturated rings. The zero-order chi connectivity index (χ0) is 22.0. The largest absolute Gasteiger partial charge is 0.463 e. The number of nitrogen functional groups attached to an aromatic ring is 1. The predicted molar refractivity (Wildman–Crippen MR) is 119 cm³/mol. The lowest BCUT2D eigenvalue weighted by atomic mass is 9.90. The number of aromatic nitrogens is 2. The van der Waals surface area contributed by atoms with E-state index in [1.807, 2.05) is 30.3 Å². The van der Waals surface area contributed by atoms with Crippen molar-refractivity contribution in [1.29, 1.82) is 0 Å². The molecule has 4 rings (SSSR count). The highest BCUT2D eigenvalue weighted by Gasteiger charge is 2.24. The van der Waals surface area contributed by atoms with Crippen LogP contribution in [0.25, 0.3) is 11.5 Å². The Hall–Kier alpha value is -3.35. The van der Waals surface area contributed by atoms with Crippen LogP contribution in [0, 0.1) is 11.8 Å². The van der Waals surface area contributed by atoms with E-state index in [0.29, 0.717) is 48.2 Å². The SMILES string of the molecule is CC(C)C(C)CC(=O)c1cccc(CC2Cc3nc(N)nc(-c4ccco4)c3N=N2)c1. The van der Waals surface area contributed by atoms with Crippen molar-refractivity contribution in [2.75, 3.05) is 5.73 Å². The molecule has 2 aromatic heterocycles. The Morgan fingerprint density at radius 1 is 1.19 bits per heavy atom. The normalized spacial score (nSPS) is 16.3. The van der Waals surface area contributed by atoms with E-state index in [1.165, 1.54) is 0 Å². The first-order valence-corrected chi connectivity index (χ1v) is 10.6. The van der Waals surface area contributed by atoms with Crippen LogP contribution in [-0.4, -0.2) is 21.8 Å². The molecule has 1 aliphatic heterocycles. The highest BCUT2D eigenvalue weighted by atomic mass is 16.3. The van der Waals surface area contributed by atoms with Crippen LogP contribution < -0.4 is 5.73 Å². The van der Waals surface area contributed by atoms with E-state index in [-0.39, 0.29) is 17.8 Å². The van der Waals surface area contributed by atoms with Gasteiger partial charge < -0.3 is 10.2 Å². The van der Waals surface area contributed by atoms with Crippen LogP contribution in [0.3, 0.4) is 0 Å². The van der Waals surface area contributed by atoms with Gasteiger partial charge in [-0.3, -0.25) is 4.79 Å². The number of anilines is 1. The van der Waals surface area contributed by atoms with Crippen LogP contribution in [0.2, 0.25) is 0 Å². The average molecular weight is 418 g/mol. The number of hydrogen-bond donors (Lipinski definition) is 1. The fourth-order valence-electron chi connectivity index (χ4n) is 3.66. The Morgan fingerprint density at radius 3 is 2.77 bits per heavy atom. The van der Waals surface area contributed by atoms with E-state index in [0.717, 1.165) is 16.8 Å². The van der Waals surface area contributed by atoms with E-state index in [1.54, 1.807) is 12.3 Å². The van der Waals surface area contributed by atoms with Gasteiger partial charge in [0.1, 0.15) is 11.4 Å². The smallest absolute Gasteiger partial charge is 0.221 e. The molecule has 0 amide bonds. The molecule has 1 aliphatic rings.